The van der Waals surface area contributed by atoms with Gasteiger partial charge in [0.05, 0.1) is 0 Å². The van der Waals surface area contributed by atoms with E-state index in [1.165, 1.54) is 225 Å². The summed E-state index contributed by atoms with van der Waals surface area (Å²) in [5, 5.41) is 0. The summed E-state index contributed by atoms with van der Waals surface area (Å²) in [6.45, 7) is 38.1. The molecule has 8 aromatic carbocycles. The first kappa shape index (κ1) is 79.4. The summed E-state index contributed by atoms with van der Waals surface area (Å²) in [6.07, 6.45) is 23.7. The molecule has 14 rings (SSSR count). The summed E-state index contributed by atoms with van der Waals surface area (Å²) < 4.78 is 9.15. The zero-order chi connectivity index (χ0) is 77.3. The average Bonchev–Trinajstić information content (AvgIpc) is 0.907. The number of aryl methyl sites for hydroxylation is 16. The minimum absolute atomic E-state index is 0.278. The van der Waals surface area contributed by atoms with E-state index < -0.39 is 0 Å². The Kier molecular flexibility index (Phi) is 25.8. The third-order valence-corrected chi connectivity index (χ3v) is 23.3. The van der Waals surface area contributed by atoms with Crippen molar-refractivity contribution in [2.24, 2.45) is 39.5 Å². The molecule has 0 N–H and O–H groups in total. The highest BCUT2D eigenvalue weighted by atomic mass is 14.9. The SMILES string of the molecule is Cc1c[n+](C)c(-c2cc(-c3ccccc3C)ccc2C)cc1CC(C)(C)C.Cc1c[n+](C)c(-c2cc(-c3ccccc3C)ccc2C)cc1CC(C)C.Cc1ccccc1-c1ccc(C)c(-c2cc(C3CCCC3)c(C)c[n+]2C)c1.Cc1ccccc1-c1ccc(C)c(-c2cc(C3CCCCC3)c(C)c[n+]2C)c1. The molecule has 2 saturated carbocycles. The predicted octanol–water partition coefficient (Wildman–Crippen LogP) is 25.6. The fraction of sp³-hybridized carbons (Fsp3) is 0.346. The maximum atomic E-state index is 2.48. The Morgan fingerprint density at radius 2 is 0.546 bits per heavy atom. The number of rotatable bonds is 13. The van der Waals surface area contributed by atoms with E-state index in [4.69, 9.17) is 0 Å². The highest BCUT2D eigenvalue weighted by Gasteiger charge is 2.27. The first-order chi connectivity index (χ1) is 51.6. The highest BCUT2D eigenvalue weighted by Crippen LogP contribution is 2.41. The molecule has 0 atom stereocenters. The predicted molar refractivity (Wildman–Crippen MR) is 460 cm³/mol. The largest absolute Gasteiger partial charge is 0.212 e. The Bertz CT molecular complexity index is 5170. The van der Waals surface area contributed by atoms with Gasteiger partial charge in [-0.2, -0.15) is 0 Å². The molecule has 0 spiro atoms. The Morgan fingerprint density at radius 1 is 0.287 bits per heavy atom. The molecule has 4 aromatic heterocycles. The van der Waals surface area contributed by atoms with Crippen LogP contribution in [0.5, 0.6) is 0 Å². The van der Waals surface area contributed by atoms with Crippen molar-refractivity contribution in [3.63, 3.8) is 0 Å². The van der Waals surface area contributed by atoms with Gasteiger partial charge in [0.15, 0.2) is 24.8 Å². The van der Waals surface area contributed by atoms with Crippen LogP contribution >= 0.6 is 0 Å². The maximum absolute atomic E-state index is 2.48. The van der Waals surface area contributed by atoms with Crippen molar-refractivity contribution < 1.29 is 18.3 Å². The van der Waals surface area contributed by atoms with E-state index in [0.29, 0.717) is 5.92 Å². The molecular weight excluding hydrogens is 1310 g/mol. The number of hydrogen-bond donors (Lipinski definition) is 0. The number of pyridine rings is 4. The van der Waals surface area contributed by atoms with Crippen molar-refractivity contribution in [3.8, 4) is 89.5 Å². The Morgan fingerprint density at radius 3 is 0.843 bits per heavy atom. The molecule has 0 aliphatic heterocycles. The lowest BCUT2D eigenvalue weighted by Crippen LogP contribution is -2.32. The second-order valence-electron chi connectivity index (χ2n) is 33.8. The molecule has 0 unspecified atom stereocenters. The summed E-state index contributed by atoms with van der Waals surface area (Å²) in [7, 11) is 8.68. The van der Waals surface area contributed by atoms with Crippen LogP contribution in [0.3, 0.4) is 0 Å². The first-order valence-corrected chi connectivity index (χ1v) is 40.3. The number of nitrogens with zero attached hydrogens (tertiary/aromatic N) is 4. The molecule has 4 nitrogen and oxygen atoms in total. The molecule has 2 fully saturated rings. The molecule has 556 valence electrons. The van der Waals surface area contributed by atoms with Gasteiger partial charge in [-0.05, 0) is 280 Å². The lowest BCUT2D eigenvalue weighted by molar-refractivity contribution is -0.661. The molecule has 4 heterocycles. The van der Waals surface area contributed by atoms with Crippen LogP contribution in [-0.4, -0.2) is 0 Å². The molecule has 2 aliphatic rings. The number of aromatic nitrogens is 4. The van der Waals surface area contributed by atoms with Crippen molar-refractivity contribution in [2.45, 2.75) is 200 Å². The Hall–Kier alpha value is -9.64. The van der Waals surface area contributed by atoms with Crippen molar-refractivity contribution in [1.82, 2.24) is 0 Å². The standard InChI is InChI=1S/C27H32N.C26H30N.C26H32N.C25H30N/c1-19-10-8-9-13-24(19)23-15-14-20(2)26(16-23)27-17-25(21(3)18-28(27)4)22-11-6-5-7-12-22;1-18-9-5-8-12-23(18)22-14-13-19(2)25(15-22)26-16-24(20(3)17-27(26)4)21-10-6-7-11-21;1-18-10-8-9-11-23(18)21-13-12-19(2)24(14-21)25-15-22(16-26(4,5)6)20(3)17-27(25)7;1-17(2)13-22-15-25(26(6)16-20(22)5)24-14-21(12-11-19(24)4)23-10-8-7-9-18(23)3/h8-10,13-18,22H,5-7,11-12H2,1-4H3;5,8-9,12-17,21H,6-7,10-11H2,1-4H3;8-15,17H,16H2,1-7H3;7-12,14-17H,13H2,1-6H3/q4*+1. The second-order valence-corrected chi connectivity index (χ2v) is 33.8. The molecule has 0 amide bonds. The van der Waals surface area contributed by atoms with Crippen LogP contribution in [0.4, 0.5) is 0 Å². The van der Waals surface area contributed by atoms with Crippen LogP contribution in [0.2, 0.25) is 0 Å². The van der Waals surface area contributed by atoms with Crippen molar-refractivity contribution in [1.29, 1.82) is 0 Å². The highest BCUT2D eigenvalue weighted by molar-refractivity contribution is 5.79. The summed E-state index contributed by atoms with van der Waals surface area (Å²) in [4.78, 5) is 0. The van der Waals surface area contributed by atoms with Gasteiger partial charge in [-0.1, -0.05) is 212 Å². The van der Waals surface area contributed by atoms with Crippen LogP contribution < -0.4 is 18.3 Å². The van der Waals surface area contributed by atoms with Gasteiger partial charge in [0, 0.05) is 68.8 Å². The second kappa shape index (κ2) is 35.2. The monoisotopic (exact) mass is 1430 g/mol. The van der Waals surface area contributed by atoms with Crippen molar-refractivity contribution in [2.75, 3.05) is 0 Å². The first-order valence-electron chi connectivity index (χ1n) is 40.3. The number of hydrogen-bond acceptors (Lipinski definition) is 0. The van der Waals surface area contributed by atoms with Gasteiger partial charge < -0.3 is 0 Å². The van der Waals surface area contributed by atoms with Gasteiger partial charge in [-0.25, -0.2) is 18.3 Å². The summed E-state index contributed by atoms with van der Waals surface area (Å²) >= 11 is 0. The lowest BCUT2D eigenvalue weighted by atomic mass is 9.82. The minimum atomic E-state index is 0.278. The van der Waals surface area contributed by atoms with Crippen LogP contribution in [0.25, 0.3) is 89.5 Å². The van der Waals surface area contributed by atoms with Crippen LogP contribution in [0.15, 0.2) is 219 Å². The van der Waals surface area contributed by atoms with Gasteiger partial charge in [-0.3, -0.25) is 0 Å². The zero-order valence-corrected chi connectivity index (χ0v) is 69.6. The third kappa shape index (κ3) is 19.1. The van der Waals surface area contributed by atoms with Crippen molar-refractivity contribution >= 4 is 0 Å². The van der Waals surface area contributed by atoms with Gasteiger partial charge in [0.25, 0.3) is 0 Å². The van der Waals surface area contributed by atoms with E-state index in [0.717, 1.165) is 24.7 Å². The smallest absolute Gasteiger partial charge is 0.201 e. The molecule has 4 heteroatoms. The third-order valence-electron chi connectivity index (χ3n) is 23.3. The molecule has 12 aromatic rings. The Labute approximate surface area is 651 Å². The van der Waals surface area contributed by atoms with Crippen molar-refractivity contribution in [3.05, 3.63) is 308 Å². The Balaban J connectivity index is 0.000000143. The average molecular weight is 1430 g/mol. The van der Waals surface area contributed by atoms with Crippen LogP contribution in [0.1, 0.15) is 193 Å². The van der Waals surface area contributed by atoms with E-state index in [2.05, 4.69) is 383 Å². The topological polar surface area (TPSA) is 15.5 Å². The molecular formula is C104H124N4+4. The molecule has 0 bridgehead atoms. The quantitative estimate of drug-likeness (QED) is 0.102. The van der Waals surface area contributed by atoms with E-state index in [-0.39, 0.29) is 5.41 Å². The fourth-order valence-corrected chi connectivity index (χ4v) is 17.1. The minimum Gasteiger partial charge on any atom is -0.201 e. The molecule has 108 heavy (non-hydrogen) atoms. The summed E-state index contributed by atoms with van der Waals surface area (Å²) in [5.74, 6) is 2.13. The zero-order valence-electron chi connectivity index (χ0n) is 69.6. The van der Waals surface area contributed by atoms with E-state index in [1.807, 2.05) is 0 Å². The maximum Gasteiger partial charge on any atom is 0.212 e. The van der Waals surface area contributed by atoms with Gasteiger partial charge in [0.1, 0.15) is 28.2 Å². The molecule has 0 radical (unpaired) electrons. The van der Waals surface area contributed by atoms with E-state index >= 15 is 0 Å². The summed E-state index contributed by atoms with van der Waals surface area (Å²) in [5.41, 5.74) is 43.5. The normalized spacial score (nSPS) is 13.2. The lowest BCUT2D eigenvalue weighted by Gasteiger charge is -2.23. The van der Waals surface area contributed by atoms with Crippen LogP contribution in [0, 0.1) is 94.4 Å². The van der Waals surface area contributed by atoms with E-state index in [9.17, 15) is 0 Å². The molecule has 2 aliphatic carbocycles. The van der Waals surface area contributed by atoms with Crippen LogP contribution in [-0.2, 0) is 41.0 Å². The van der Waals surface area contributed by atoms with E-state index in [1.54, 1.807) is 11.1 Å². The van der Waals surface area contributed by atoms with Gasteiger partial charge >= 0.3 is 0 Å². The summed E-state index contributed by atoms with van der Waals surface area (Å²) in [6, 6.07) is 71.8. The number of benzene rings is 8. The van der Waals surface area contributed by atoms with Gasteiger partial charge in [0.2, 0.25) is 22.8 Å². The molecule has 0 saturated heterocycles. The van der Waals surface area contributed by atoms with Gasteiger partial charge in [-0.15, -0.1) is 0 Å². The fourth-order valence-electron chi connectivity index (χ4n) is 17.1.